The quantitative estimate of drug-likeness (QED) is 0.795. The zero-order valence-corrected chi connectivity index (χ0v) is 15.9. The Balaban J connectivity index is 1.67. The van der Waals surface area contributed by atoms with E-state index in [0.717, 1.165) is 13.1 Å². The molecule has 8 heteroatoms. The molecule has 140 valence electrons. The predicted octanol–water partition coefficient (Wildman–Crippen LogP) is 1.74. The zero-order chi connectivity index (χ0) is 18.3. The lowest BCUT2D eigenvalue weighted by molar-refractivity contribution is 0.137. The fourth-order valence-corrected chi connectivity index (χ4v) is 5.45. The van der Waals surface area contributed by atoms with Gasteiger partial charge in [-0.2, -0.15) is 9.40 Å². The Morgan fingerprint density at radius 3 is 2.65 bits per heavy atom. The van der Waals surface area contributed by atoms with Crippen LogP contribution in [0, 0.1) is 0 Å². The Morgan fingerprint density at radius 2 is 2.04 bits per heavy atom. The van der Waals surface area contributed by atoms with Crippen molar-refractivity contribution in [3.63, 3.8) is 0 Å². The average Bonchev–Trinajstić information content (AvgIpc) is 3.35. The molecular weight excluding hydrogens is 352 g/mol. The number of nitrogens with zero attached hydrogens (tertiary/aromatic N) is 4. The molecule has 4 rings (SSSR count). The molecule has 2 aromatic rings. The standard InChI is InChI=1S/C18H24N4O3S/c1-14-13-20(15-4-5-15)10-11-22(14)26(23,24)18-12-16(6-7-17(18)25-2)21-9-3-8-19-21/h3,6-9,12,14-15H,4-5,10-11,13H2,1-2H3. The van der Waals surface area contributed by atoms with E-state index in [2.05, 4.69) is 10.00 Å². The lowest BCUT2D eigenvalue weighted by Crippen LogP contribution is -2.54. The molecule has 2 fully saturated rings. The molecule has 7 nitrogen and oxygen atoms in total. The van der Waals surface area contributed by atoms with Crippen molar-refractivity contribution in [2.75, 3.05) is 26.7 Å². The molecular formula is C18H24N4O3S. The molecule has 2 aliphatic rings. The lowest BCUT2D eigenvalue weighted by atomic mass is 10.2. The Bertz CT molecular complexity index is 878. The highest BCUT2D eigenvalue weighted by Crippen LogP contribution is 2.33. The maximum Gasteiger partial charge on any atom is 0.247 e. The second-order valence-corrected chi connectivity index (χ2v) is 8.84. The number of rotatable bonds is 5. The molecule has 1 saturated heterocycles. The van der Waals surface area contributed by atoms with Crippen molar-refractivity contribution in [2.45, 2.75) is 36.7 Å². The molecule has 1 saturated carbocycles. The molecule has 0 spiro atoms. The van der Waals surface area contributed by atoms with E-state index in [1.165, 1.54) is 20.0 Å². The molecule has 1 unspecified atom stereocenters. The van der Waals surface area contributed by atoms with Gasteiger partial charge >= 0.3 is 0 Å². The van der Waals surface area contributed by atoms with Crippen LogP contribution in [0.5, 0.6) is 5.75 Å². The number of aromatic nitrogens is 2. The third kappa shape index (κ3) is 3.13. The summed E-state index contributed by atoms with van der Waals surface area (Å²) in [4.78, 5) is 2.60. The van der Waals surface area contributed by atoms with Crippen molar-refractivity contribution < 1.29 is 13.2 Å². The third-order valence-corrected chi connectivity index (χ3v) is 7.20. The van der Waals surface area contributed by atoms with Gasteiger partial charge in [-0.25, -0.2) is 13.1 Å². The van der Waals surface area contributed by atoms with Gasteiger partial charge in [0.05, 0.1) is 12.8 Å². The first kappa shape index (κ1) is 17.5. The Hall–Kier alpha value is -1.90. The zero-order valence-electron chi connectivity index (χ0n) is 15.1. The van der Waals surface area contributed by atoms with Gasteiger partial charge < -0.3 is 4.74 Å². The first-order chi connectivity index (χ1) is 12.5. The minimum Gasteiger partial charge on any atom is -0.495 e. The summed E-state index contributed by atoms with van der Waals surface area (Å²) in [5.74, 6) is 0.359. The minimum atomic E-state index is -3.66. The van der Waals surface area contributed by atoms with Crippen LogP contribution in [0.3, 0.4) is 0 Å². The van der Waals surface area contributed by atoms with Gasteiger partial charge in [0.25, 0.3) is 0 Å². The molecule has 1 aliphatic heterocycles. The topological polar surface area (TPSA) is 67.7 Å². The van der Waals surface area contributed by atoms with Crippen LogP contribution in [0.2, 0.25) is 0 Å². The molecule has 0 radical (unpaired) electrons. The molecule has 1 aliphatic carbocycles. The minimum absolute atomic E-state index is 0.0626. The van der Waals surface area contributed by atoms with Crippen LogP contribution in [0.25, 0.3) is 5.69 Å². The van der Waals surface area contributed by atoms with Gasteiger partial charge in [0.1, 0.15) is 10.6 Å². The van der Waals surface area contributed by atoms with Crippen molar-refractivity contribution >= 4 is 10.0 Å². The van der Waals surface area contributed by atoms with Crippen molar-refractivity contribution in [3.8, 4) is 11.4 Å². The van der Waals surface area contributed by atoms with Gasteiger partial charge in [0.2, 0.25) is 10.0 Å². The summed E-state index contributed by atoms with van der Waals surface area (Å²) in [7, 11) is -2.16. The highest BCUT2D eigenvalue weighted by Gasteiger charge is 2.39. The van der Waals surface area contributed by atoms with E-state index in [4.69, 9.17) is 4.74 Å². The van der Waals surface area contributed by atoms with Crippen LogP contribution in [0.1, 0.15) is 19.8 Å². The number of hydrogen-bond donors (Lipinski definition) is 0. The second kappa shape index (κ2) is 6.68. The monoisotopic (exact) mass is 376 g/mol. The third-order valence-electron chi connectivity index (χ3n) is 5.16. The highest BCUT2D eigenvalue weighted by molar-refractivity contribution is 7.89. The molecule has 0 N–H and O–H groups in total. The SMILES string of the molecule is COc1ccc(-n2cccn2)cc1S(=O)(=O)N1CCN(C2CC2)CC1C. The number of hydrogen-bond acceptors (Lipinski definition) is 5. The van der Waals surface area contributed by atoms with Crippen LogP contribution in [0.15, 0.2) is 41.6 Å². The Labute approximate surface area is 154 Å². The summed E-state index contributed by atoms with van der Waals surface area (Å²) in [5.41, 5.74) is 0.693. The van der Waals surface area contributed by atoms with Gasteiger partial charge in [0, 0.05) is 44.1 Å². The maximum atomic E-state index is 13.4. The van der Waals surface area contributed by atoms with E-state index >= 15 is 0 Å². The second-order valence-electron chi connectivity index (χ2n) is 6.98. The van der Waals surface area contributed by atoms with Crippen molar-refractivity contribution in [1.29, 1.82) is 0 Å². The number of ether oxygens (including phenoxy) is 1. The number of piperazine rings is 1. The van der Waals surface area contributed by atoms with Crippen LogP contribution in [-0.2, 0) is 10.0 Å². The van der Waals surface area contributed by atoms with E-state index in [1.807, 2.05) is 6.92 Å². The number of benzene rings is 1. The summed E-state index contributed by atoms with van der Waals surface area (Å²) in [6.07, 6.45) is 5.92. The maximum absolute atomic E-state index is 13.4. The van der Waals surface area contributed by atoms with Gasteiger partial charge in [0.15, 0.2) is 0 Å². The predicted molar refractivity (Wildman–Crippen MR) is 98.1 cm³/mol. The molecule has 0 amide bonds. The van der Waals surface area contributed by atoms with Gasteiger partial charge in [-0.05, 0) is 44.0 Å². The Morgan fingerprint density at radius 1 is 1.23 bits per heavy atom. The van der Waals surface area contributed by atoms with E-state index in [-0.39, 0.29) is 10.9 Å². The number of methoxy groups -OCH3 is 1. The van der Waals surface area contributed by atoms with Crippen molar-refractivity contribution in [3.05, 3.63) is 36.7 Å². The normalized spacial score (nSPS) is 22.5. The van der Waals surface area contributed by atoms with Crippen LogP contribution in [0.4, 0.5) is 0 Å². The average molecular weight is 376 g/mol. The fraction of sp³-hybridized carbons (Fsp3) is 0.500. The van der Waals surface area contributed by atoms with Gasteiger partial charge in [-0.3, -0.25) is 4.90 Å². The molecule has 1 aromatic heterocycles. The van der Waals surface area contributed by atoms with E-state index in [0.29, 0.717) is 24.0 Å². The molecule has 1 aromatic carbocycles. The molecule has 0 bridgehead atoms. The fourth-order valence-electron chi connectivity index (χ4n) is 3.65. The summed E-state index contributed by atoms with van der Waals surface area (Å²) in [5, 5.41) is 4.19. The summed E-state index contributed by atoms with van der Waals surface area (Å²) >= 11 is 0. The van der Waals surface area contributed by atoms with Crippen LogP contribution in [-0.4, -0.2) is 66.2 Å². The lowest BCUT2D eigenvalue weighted by Gasteiger charge is -2.39. The molecule has 2 heterocycles. The first-order valence-electron chi connectivity index (χ1n) is 8.94. The highest BCUT2D eigenvalue weighted by atomic mass is 32.2. The van der Waals surface area contributed by atoms with Crippen molar-refractivity contribution in [1.82, 2.24) is 19.0 Å². The summed E-state index contributed by atoms with van der Waals surface area (Å²) in [6, 6.07) is 7.53. The summed E-state index contributed by atoms with van der Waals surface area (Å²) < 4.78 is 35.4. The Kier molecular flexibility index (Phi) is 4.50. The van der Waals surface area contributed by atoms with Crippen molar-refractivity contribution in [2.24, 2.45) is 0 Å². The van der Waals surface area contributed by atoms with Gasteiger partial charge in [-0.1, -0.05) is 0 Å². The van der Waals surface area contributed by atoms with E-state index in [1.54, 1.807) is 45.6 Å². The largest absolute Gasteiger partial charge is 0.495 e. The van der Waals surface area contributed by atoms with Gasteiger partial charge in [-0.15, -0.1) is 0 Å². The molecule has 26 heavy (non-hydrogen) atoms. The van der Waals surface area contributed by atoms with E-state index < -0.39 is 10.0 Å². The van der Waals surface area contributed by atoms with Crippen LogP contribution < -0.4 is 4.74 Å². The number of sulfonamides is 1. The first-order valence-corrected chi connectivity index (χ1v) is 10.4. The summed E-state index contributed by atoms with van der Waals surface area (Å²) in [6.45, 7) is 4.06. The van der Waals surface area contributed by atoms with E-state index in [9.17, 15) is 8.42 Å². The van der Waals surface area contributed by atoms with Crippen LogP contribution >= 0.6 is 0 Å². The molecule has 1 atom stereocenters. The smallest absolute Gasteiger partial charge is 0.247 e.